The van der Waals surface area contributed by atoms with Gasteiger partial charge in [0.25, 0.3) is 0 Å². The fourth-order valence-corrected chi connectivity index (χ4v) is 8.16. The zero-order chi connectivity index (χ0) is 38.7. The van der Waals surface area contributed by atoms with Crippen molar-refractivity contribution >= 4 is 0 Å². The summed E-state index contributed by atoms with van der Waals surface area (Å²) in [7, 11) is 0. The van der Waals surface area contributed by atoms with E-state index in [0.29, 0.717) is 0 Å². The van der Waals surface area contributed by atoms with Gasteiger partial charge in [0, 0.05) is 76.5 Å². The number of rotatable bonds is 8. The molecular formula is C50H58N6. The second kappa shape index (κ2) is 19.2. The maximum absolute atomic E-state index is 5.39. The van der Waals surface area contributed by atoms with Crippen molar-refractivity contribution in [3.05, 3.63) is 203 Å². The Hall–Kier alpha value is -4.98. The number of fused-ring (bicyclic) bond motifs is 4. The van der Waals surface area contributed by atoms with E-state index in [4.69, 9.17) is 9.97 Å². The molecule has 0 saturated heterocycles. The first-order valence-electron chi connectivity index (χ1n) is 20.5. The Kier molecular flexibility index (Phi) is 13.5. The molecule has 0 fully saturated rings. The number of pyridine rings is 2. The molecule has 0 radical (unpaired) electrons. The van der Waals surface area contributed by atoms with Gasteiger partial charge in [0.15, 0.2) is 0 Å². The minimum absolute atomic E-state index is 0.217. The Morgan fingerprint density at radius 1 is 0.304 bits per heavy atom. The van der Waals surface area contributed by atoms with Gasteiger partial charge in [-0.3, -0.25) is 29.6 Å². The van der Waals surface area contributed by atoms with Crippen LogP contribution < -0.4 is 0 Å². The molecular weight excluding hydrogens is 685 g/mol. The van der Waals surface area contributed by atoms with Crippen LogP contribution in [0.25, 0.3) is 0 Å². The van der Waals surface area contributed by atoms with Gasteiger partial charge < -0.3 is 0 Å². The molecule has 0 N–H and O–H groups in total. The molecule has 4 atom stereocenters. The van der Waals surface area contributed by atoms with Gasteiger partial charge in [0.2, 0.25) is 0 Å². The highest BCUT2D eigenvalue weighted by Gasteiger charge is 2.25. The lowest BCUT2D eigenvalue weighted by Crippen LogP contribution is -2.38. The van der Waals surface area contributed by atoms with Crippen LogP contribution in [-0.2, 0) is 26.2 Å². The van der Waals surface area contributed by atoms with E-state index in [1.807, 2.05) is 0 Å². The number of hydrogen-bond donors (Lipinski definition) is 0. The van der Waals surface area contributed by atoms with Crippen molar-refractivity contribution in [1.82, 2.24) is 29.6 Å². The normalized spacial score (nSPS) is 17.9. The van der Waals surface area contributed by atoms with Crippen molar-refractivity contribution in [2.45, 2.75) is 78.0 Å². The summed E-state index contributed by atoms with van der Waals surface area (Å²) in [5, 5.41) is 0. The summed E-state index contributed by atoms with van der Waals surface area (Å²) in [5.74, 6) is 0. The van der Waals surface area contributed by atoms with Gasteiger partial charge in [-0.2, -0.15) is 0 Å². The average molecular weight is 743 g/mol. The Labute approximate surface area is 335 Å². The third-order valence-electron chi connectivity index (χ3n) is 11.9. The lowest BCUT2D eigenvalue weighted by atomic mass is 10.0. The van der Waals surface area contributed by atoms with E-state index in [9.17, 15) is 0 Å². The smallest absolute Gasteiger partial charge is 0.0548 e. The van der Waals surface area contributed by atoms with Crippen LogP contribution in [0.4, 0.5) is 0 Å². The van der Waals surface area contributed by atoms with Gasteiger partial charge in [-0.05, 0) is 74.2 Å². The van der Waals surface area contributed by atoms with E-state index >= 15 is 0 Å². The van der Waals surface area contributed by atoms with Gasteiger partial charge in [0.1, 0.15) is 0 Å². The predicted octanol–water partition coefficient (Wildman–Crippen LogP) is 10.4. The zero-order valence-electron chi connectivity index (χ0n) is 33.7. The topological polar surface area (TPSA) is 38.7 Å². The standard InChI is InChI=1S/C50H58N6/c1-39(43-19-9-5-10-20-43)53-31-32-54(40(2)44-21-11-6-12-22-44)36-49-29-18-30-50(52-49)38-56(42(4)46-25-15-8-16-26-46)34-33-55(41(3)45-23-13-7-14-24-45)37-48-28-17-27-47(35-53)51-48/h5-30,39-42H,31-38H2,1-4H3/t39-,40-,41-,42-/m0/s1. The molecule has 4 aromatic carbocycles. The van der Waals surface area contributed by atoms with Gasteiger partial charge in [-0.25, -0.2) is 0 Å². The number of hydrogen-bond acceptors (Lipinski definition) is 6. The van der Waals surface area contributed by atoms with E-state index in [1.54, 1.807) is 0 Å². The molecule has 6 nitrogen and oxygen atoms in total. The summed E-state index contributed by atoms with van der Waals surface area (Å²) in [6, 6.07) is 57.8. The Morgan fingerprint density at radius 3 is 0.732 bits per heavy atom. The van der Waals surface area contributed by atoms with Crippen LogP contribution in [0.2, 0.25) is 0 Å². The van der Waals surface area contributed by atoms with Crippen molar-refractivity contribution in [2.75, 3.05) is 26.2 Å². The van der Waals surface area contributed by atoms with Crippen LogP contribution in [0.15, 0.2) is 158 Å². The van der Waals surface area contributed by atoms with E-state index in [0.717, 1.165) is 75.1 Å². The quantitative estimate of drug-likeness (QED) is 0.155. The van der Waals surface area contributed by atoms with Crippen LogP contribution in [-0.4, -0.2) is 55.7 Å². The SMILES string of the molecule is C[C@@H](c1ccccc1)N1CCN([C@@H](C)c2ccccc2)Cc2cccc(n2)CN([C@@H](C)c2ccccc2)CCN([C@@H](C)c2ccccc2)Cc2cccc(n2)C1. The Bertz CT molecular complexity index is 1770. The first-order valence-corrected chi connectivity index (χ1v) is 20.5. The maximum atomic E-state index is 5.39. The molecule has 6 aromatic rings. The van der Waals surface area contributed by atoms with Crippen LogP contribution in [0.5, 0.6) is 0 Å². The van der Waals surface area contributed by atoms with Gasteiger partial charge in [-0.15, -0.1) is 0 Å². The van der Waals surface area contributed by atoms with E-state index in [1.165, 1.54) is 22.3 Å². The average Bonchev–Trinajstić information content (AvgIpc) is 3.25. The predicted molar refractivity (Wildman–Crippen MR) is 230 cm³/mol. The molecule has 1 aliphatic heterocycles. The molecule has 7 rings (SSSR count). The van der Waals surface area contributed by atoms with E-state index in [2.05, 4.69) is 205 Å². The van der Waals surface area contributed by atoms with Gasteiger partial charge in [-0.1, -0.05) is 133 Å². The van der Waals surface area contributed by atoms with Crippen molar-refractivity contribution < 1.29 is 0 Å². The first kappa shape index (κ1) is 39.3. The highest BCUT2D eigenvalue weighted by molar-refractivity contribution is 5.23. The van der Waals surface area contributed by atoms with Gasteiger partial charge >= 0.3 is 0 Å². The molecule has 3 heterocycles. The summed E-state index contributed by atoms with van der Waals surface area (Å²) in [4.78, 5) is 21.2. The molecule has 6 heteroatoms. The first-order chi connectivity index (χ1) is 27.4. The van der Waals surface area contributed by atoms with Crippen LogP contribution >= 0.6 is 0 Å². The summed E-state index contributed by atoms with van der Waals surface area (Å²) in [6.07, 6.45) is 0. The summed E-state index contributed by atoms with van der Waals surface area (Å²) in [5.41, 5.74) is 9.70. The fraction of sp³-hybridized carbons (Fsp3) is 0.320. The van der Waals surface area contributed by atoms with Gasteiger partial charge in [0.05, 0.1) is 22.8 Å². The second-order valence-corrected chi connectivity index (χ2v) is 15.5. The molecule has 288 valence electrons. The minimum Gasteiger partial charge on any atom is -0.290 e. The van der Waals surface area contributed by atoms with Crippen LogP contribution in [0, 0.1) is 0 Å². The molecule has 56 heavy (non-hydrogen) atoms. The molecule has 0 aliphatic carbocycles. The number of nitrogens with zero attached hydrogens (tertiary/aromatic N) is 6. The molecule has 2 aromatic heterocycles. The minimum atomic E-state index is 0.217. The molecule has 0 amide bonds. The molecule has 0 saturated carbocycles. The summed E-state index contributed by atoms with van der Waals surface area (Å²) in [6.45, 7) is 16.0. The fourth-order valence-electron chi connectivity index (χ4n) is 8.16. The van der Waals surface area contributed by atoms with Crippen LogP contribution in [0.1, 0.15) is 96.9 Å². The van der Waals surface area contributed by atoms with E-state index < -0.39 is 0 Å². The third-order valence-corrected chi connectivity index (χ3v) is 11.9. The highest BCUT2D eigenvalue weighted by Crippen LogP contribution is 2.28. The maximum Gasteiger partial charge on any atom is 0.0548 e. The monoisotopic (exact) mass is 742 g/mol. The summed E-state index contributed by atoms with van der Waals surface area (Å²) < 4.78 is 0. The van der Waals surface area contributed by atoms with Crippen molar-refractivity contribution in [3.63, 3.8) is 0 Å². The third kappa shape index (κ3) is 10.2. The lowest BCUT2D eigenvalue weighted by Gasteiger charge is -2.36. The molecule has 1 aliphatic rings. The Balaban J connectivity index is 1.28. The largest absolute Gasteiger partial charge is 0.290 e. The Morgan fingerprint density at radius 2 is 0.518 bits per heavy atom. The van der Waals surface area contributed by atoms with Crippen molar-refractivity contribution in [3.8, 4) is 0 Å². The molecule has 0 spiro atoms. The van der Waals surface area contributed by atoms with Crippen LogP contribution in [0.3, 0.4) is 0 Å². The zero-order valence-corrected chi connectivity index (χ0v) is 33.7. The molecule has 0 unspecified atom stereocenters. The second-order valence-electron chi connectivity index (χ2n) is 15.5. The number of benzene rings is 4. The van der Waals surface area contributed by atoms with E-state index in [-0.39, 0.29) is 24.2 Å². The van der Waals surface area contributed by atoms with Crippen molar-refractivity contribution in [1.29, 1.82) is 0 Å². The van der Waals surface area contributed by atoms with Crippen molar-refractivity contribution in [2.24, 2.45) is 0 Å². The lowest BCUT2D eigenvalue weighted by molar-refractivity contribution is 0.127. The summed E-state index contributed by atoms with van der Waals surface area (Å²) >= 11 is 0. The number of aromatic nitrogens is 2. The highest BCUT2D eigenvalue weighted by atomic mass is 15.2. The molecule has 4 bridgehead atoms.